The van der Waals surface area contributed by atoms with Gasteiger partial charge in [0.1, 0.15) is 5.65 Å². The summed E-state index contributed by atoms with van der Waals surface area (Å²) in [4.78, 5) is 14.5. The molecule has 0 saturated heterocycles. The predicted molar refractivity (Wildman–Crippen MR) is 166 cm³/mol. The first-order valence-electron chi connectivity index (χ1n) is 13.9. The largest absolute Gasteiger partial charge is 0.309 e. The number of fused-ring (bicyclic) bond motifs is 14. The second-order valence-corrected chi connectivity index (χ2v) is 10.9. The second-order valence-electron chi connectivity index (χ2n) is 10.9. The lowest BCUT2D eigenvalue weighted by Gasteiger charge is -2.11. The topological polar surface area (TPSA) is 48.0 Å². The van der Waals surface area contributed by atoms with E-state index in [-0.39, 0.29) is 0 Å². The average molecular weight is 524 g/mol. The van der Waals surface area contributed by atoms with Gasteiger partial charge in [-0.1, -0.05) is 42.5 Å². The molecule has 0 unspecified atom stereocenters. The van der Waals surface area contributed by atoms with Gasteiger partial charge in [0.25, 0.3) is 0 Å². The molecule has 0 atom stereocenters. The van der Waals surface area contributed by atoms with Crippen LogP contribution in [0, 0.1) is 0 Å². The van der Waals surface area contributed by atoms with Crippen molar-refractivity contribution in [2.75, 3.05) is 0 Å². The molecule has 10 rings (SSSR count). The second kappa shape index (κ2) is 7.55. The van der Waals surface area contributed by atoms with Crippen LogP contribution >= 0.6 is 0 Å². The minimum Gasteiger partial charge on any atom is -0.309 e. The number of hydrogen-bond acceptors (Lipinski definition) is 3. The van der Waals surface area contributed by atoms with Crippen LogP contribution in [-0.4, -0.2) is 23.9 Å². The fraction of sp³-hybridized carbons (Fsp3) is 0.0278. The van der Waals surface area contributed by atoms with Crippen molar-refractivity contribution >= 4 is 60.4 Å². The lowest BCUT2D eigenvalue weighted by Crippen LogP contribution is -1.95. The molecule has 0 saturated carbocycles. The first-order valence-corrected chi connectivity index (χ1v) is 13.9. The number of hydrogen-bond donors (Lipinski definition) is 0. The van der Waals surface area contributed by atoms with E-state index in [2.05, 4.69) is 105 Å². The van der Waals surface area contributed by atoms with E-state index in [0.29, 0.717) is 0 Å². The minimum absolute atomic E-state index is 0.743. The molecule has 4 aromatic carbocycles. The number of aromatic nitrogens is 5. The predicted octanol–water partition coefficient (Wildman–Crippen LogP) is 8.25. The number of pyridine rings is 3. The summed E-state index contributed by atoms with van der Waals surface area (Å²) in [6.07, 6.45) is 4.65. The van der Waals surface area contributed by atoms with Crippen LogP contribution in [0.4, 0.5) is 0 Å². The van der Waals surface area contributed by atoms with E-state index in [1.165, 1.54) is 44.1 Å². The normalized spacial score (nSPS) is 12.8. The zero-order valence-electron chi connectivity index (χ0n) is 21.9. The maximum Gasteiger partial charge on any atom is 0.178 e. The molecule has 0 fully saturated rings. The molecule has 9 aromatic rings. The van der Waals surface area contributed by atoms with Crippen LogP contribution < -0.4 is 0 Å². The van der Waals surface area contributed by atoms with Gasteiger partial charge in [-0.25, -0.2) is 9.97 Å². The van der Waals surface area contributed by atoms with Gasteiger partial charge in [-0.15, -0.1) is 0 Å². The van der Waals surface area contributed by atoms with E-state index >= 15 is 0 Å². The van der Waals surface area contributed by atoms with Gasteiger partial charge in [0.2, 0.25) is 0 Å². The first-order chi connectivity index (χ1) is 20.3. The Bertz CT molecular complexity index is 2550. The number of rotatable bonds is 1. The lowest BCUT2D eigenvalue weighted by atomic mass is 10.0. The summed E-state index contributed by atoms with van der Waals surface area (Å²) in [6.45, 7) is 0. The summed E-state index contributed by atoms with van der Waals surface area (Å²) in [7, 11) is 0. The summed E-state index contributed by atoms with van der Waals surface area (Å²) in [6, 6.07) is 37.1. The fourth-order valence-corrected chi connectivity index (χ4v) is 7.05. The van der Waals surface area contributed by atoms with Gasteiger partial charge in [0.15, 0.2) is 5.65 Å². The van der Waals surface area contributed by atoms with Gasteiger partial charge in [-0.2, -0.15) is 0 Å². The molecule has 1 aliphatic carbocycles. The number of para-hydroxylation sites is 1. The zero-order valence-corrected chi connectivity index (χ0v) is 21.9. The highest BCUT2D eigenvalue weighted by molar-refractivity contribution is 6.21. The van der Waals surface area contributed by atoms with Crippen LogP contribution in [0.15, 0.2) is 116 Å². The Morgan fingerprint density at radius 2 is 1.32 bits per heavy atom. The molecule has 0 bridgehead atoms. The average Bonchev–Trinajstić information content (AvgIpc) is 3.69. The highest BCUT2D eigenvalue weighted by Crippen LogP contribution is 2.44. The van der Waals surface area contributed by atoms with Crippen molar-refractivity contribution < 1.29 is 0 Å². The van der Waals surface area contributed by atoms with E-state index in [9.17, 15) is 0 Å². The maximum atomic E-state index is 5.05. The molecule has 0 aliphatic heterocycles. The van der Waals surface area contributed by atoms with E-state index in [0.717, 1.165) is 50.7 Å². The molecule has 0 radical (unpaired) electrons. The Hall–Kier alpha value is -5.55. The van der Waals surface area contributed by atoms with Crippen molar-refractivity contribution in [3.05, 3.63) is 127 Å². The quantitative estimate of drug-likeness (QED) is 0.204. The van der Waals surface area contributed by atoms with Crippen LogP contribution in [0.25, 0.3) is 77.2 Å². The van der Waals surface area contributed by atoms with Crippen molar-refractivity contribution in [2.24, 2.45) is 0 Å². The summed E-state index contributed by atoms with van der Waals surface area (Å²) >= 11 is 0. The van der Waals surface area contributed by atoms with Crippen molar-refractivity contribution in [1.29, 1.82) is 0 Å². The van der Waals surface area contributed by atoms with E-state index in [1.54, 1.807) is 0 Å². The Balaban J connectivity index is 1.43. The van der Waals surface area contributed by atoms with Crippen LogP contribution in [0.5, 0.6) is 0 Å². The molecule has 41 heavy (non-hydrogen) atoms. The standard InChI is InChI=1S/C36H21N5/c1-2-9-23(10-3-1)40-32-19-25-22(16-21-8-4-5-11-24(21)25)17-26(32)27-18-29-28(20-33(27)40)34-30(12-6-14-37-34)41-31-13-7-15-38-35(31)39-36(29)41/h1-15,17-20H,16H2. The van der Waals surface area contributed by atoms with E-state index in [1.807, 2.05) is 24.5 Å². The van der Waals surface area contributed by atoms with Gasteiger partial charge < -0.3 is 4.57 Å². The Morgan fingerprint density at radius 3 is 2.24 bits per heavy atom. The third kappa shape index (κ3) is 2.72. The molecular formula is C36H21N5. The van der Waals surface area contributed by atoms with Gasteiger partial charge in [0.05, 0.1) is 27.6 Å². The smallest absolute Gasteiger partial charge is 0.178 e. The molecule has 5 nitrogen and oxygen atoms in total. The number of benzene rings is 4. The monoisotopic (exact) mass is 523 g/mol. The molecule has 1 aliphatic rings. The third-order valence-electron chi connectivity index (χ3n) is 8.79. The number of nitrogens with zero attached hydrogens (tertiary/aromatic N) is 5. The molecule has 5 heterocycles. The van der Waals surface area contributed by atoms with Gasteiger partial charge in [0, 0.05) is 39.6 Å². The van der Waals surface area contributed by atoms with Crippen LogP contribution in [0.2, 0.25) is 0 Å². The fourth-order valence-electron chi connectivity index (χ4n) is 7.05. The van der Waals surface area contributed by atoms with Crippen LogP contribution in [0.3, 0.4) is 0 Å². The minimum atomic E-state index is 0.743. The molecule has 0 amide bonds. The van der Waals surface area contributed by atoms with Crippen LogP contribution in [-0.2, 0) is 6.42 Å². The third-order valence-corrected chi connectivity index (χ3v) is 8.79. The lowest BCUT2D eigenvalue weighted by molar-refractivity contribution is 1.18. The Labute approximate surface area is 234 Å². The van der Waals surface area contributed by atoms with Crippen molar-refractivity contribution in [1.82, 2.24) is 23.9 Å². The molecule has 190 valence electrons. The van der Waals surface area contributed by atoms with Crippen molar-refractivity contribution in [3.63, 3.8) is 0 Å². The van der Waals surface area contributed by atoms with Crippen molar-refractivity contribution in [3.8, 4) is 16.8 Å². The summed E-state index contributed by atoms with van der Waals surface area (Å²) < 4.78 is 4.62. The molecule has 5 heteroatoms. The van der Waals surface area contributed by atoms with E-state index in [4.69, 9.17) is 9.97 Å². The molecule has 5 aromatic heterocycles. The summed E-state index contributed by atoms with van der Waals surface area (Å²) in [5.41, 5.74) is 13.6. The van der Waals surface area contributed by atoms with E-state index < -0.39 is 0 Å². The van der Waals surface area contributed by atoms with Gasteiger partial charge in [-0.3, -0.25) is 9.38 Å². The Morgan fingerprint density at radius 1 is 0.537 bits per heavy atom. The number of imidazole rings is 1. The molecule has 0 spiro atoms. The van der Waals surface area contributed by atoms with Gasteiger partial charge >= 0.3 is 0 Å². The highest BCUT2D eigenvalue weighted by atomic mass is 15.1. The SMILES string of the molecule is c1ccc(-n2c3cc4c(cc3c3cc5c(cc32)c2ncccc2n2c3cccnc3nc52)Cc2ccccc2-4)cc1. The first kappa shape index (κ1) is 21.3. The van der Waals surface area contributed by atoms with Crippen molar-refractivity contribution in [2.45, 2.75) is 6.42 Å². The molecule has 0 N–H and O–H groups in total. The maximum absolute atomic E-state index is 5.05. The molecular weight excluding hydrogens is 502 g/mol. The Kier molecular flexibility index (Phi) is 3.92. The van der Waals surface area contributed by atoms with Gasteiger partial charge in [-0.05, 0) is 89.3 Å². The zero-order chi connectivity index (χ0) is 26.7. The summed E-state index contributed by atoms with van der Waals surface area (Å²) in [5, 5.41) is 4.64. The summed E-state index contributed by atoms with van der Waals surface area (Å²) in [5.74, 6) is 0. The van der Waals surface area contributed by atoms with Crippen LogP contribution in [0.1, 0.15) is 11.1 Å². The highest BCUT2D eigenvalue weighted by Gasteiger charge is 2.23.